The molecule has 0 saturated carbocycles. The molecular weight excluding hydrogens is 947 g/mol. The van der Waals surface area contributed by atoms with Crippen molar-refractivity contribution in [3.63, 3.8) is 0 Å². The van der Waals surface area contributed by atoms with Crippen LogP contribution < -0.4 is 5.32 Å². The number of aliphatic hydroxyl groups excluding tert-OH is 2. The molecule has 0 rings (SSSR count). The number of ether oxygens (including phenoxy) is 1. The van der Waals surface area contributed by atoms with Crippen LogP contribution in [0.25, 0.3) is 0 Å². The third kappa shape index (κ3) is 63.6. The number of nitrogens with one attached hydrogen (secondary N) is 1. The third-order valence-electron chi connectivity index (χ3n) is 16.8. The van der Waals surface area contributed by atoms with Crippen molar-refractivity contribution >= 4 is 11.9 Å². The van der Waals surface area contributed by atoms with Crippen molar-refractivity contribution < 1.29 is 24.5 Å². The molecule has 77 heavy (non-hydrogen) atoms. The van der Waals surface area contributed by atoms with Crippen molar-refractivity contribution in [3.8, 4) is 0 Å². The molecule has 2 unspecified atom stereocenters. The Labute approximate surface area is 482 Å². The topological polar surface area (TPSA) is 95.9 Å². The zero-order valence-electron chi connectivity index (χ0n) is 52.5. The Morgan fingerprint density at radius 2 is 0.610 bits per heavy atom. The quantitative estimate of drug-likeness (QED) is 0.0320. The molecule has 6 nitrogen and oxygen atoms in total. The first kappa shape index (κ1) is 75.6. The first-order valence-electron chi connectivity index (χ1n) is 35.4. The number of hydrogen-bond donors (Lipinski definition) is 3. The van der Waals surface area contributed by atoms with Gasteiger partial charge in [-0.15, -0.1) is 0 Å². The molecule has 0 spiro atoms. The van der Waals surface area contributed by atoms with Crippen LogP contribution in [0.4, 0.5) is 0 Å². The molecule has 458 valence electrons. The fraction of sp³-hybridized carbons (Fsp3) is 0.944. The van der Waals surface area contributed by atoms with E-state index in [1.54, 1.807) is 0 Å². The lowest BCUT2D eigenvalue weighted by atomic mass is 10.0. The predicted molar refractivity (Wildman–Crippen MR) is 338 cm³/mol. The molecule has 1 amide bonds. The van der Waals surface area contributed by atoms with Gasteiger partial charge in [0.15, 0.2) is 0 Å². The molecule has 0 aliphatic heterocycles. The molecule has 0 fully saturated rings. The van der Waals surface area contributed by atoms with Crippen LogP contribution in [0.5, 0.6) is 0 Å². The Bertz CT molecular complexity index is 1160. The van der Waals surface area contributed by atoms with Crippen LogP contribution in [0, 0.1) is 0 Å². The van der Waals surface area contributed by atoms with Crippen LogP contribution in [0.1, 0.15) is 406 Å². The van der Waals surface area contributed by atoms with E-state index in [9.17, 15) is 19.8 Å². The van der Waals surface area contributed by atoms with Crippen molar-refractivity contribution in [3.05, 3.63) is 12.2 Å². The fourth-order valence-electron chi connectivity index (χ4n) is 11.4. The van der Waals surface area contributed by atoms with E-state index < -0.39 is 12.1 Å². The molecule has 0 aromatic heterocycles. The van der Waals surface area contributed by atoms with Crippen LogP contribution in [-0.2, 0) is 14.3 Å². The number of allylic oxidation sites excluding steroid dienone is 2. The normalized spacial score (nSPS) is 12.5. The number of unbranched alkanes of at least 4 members (excludes halogenated alkanes) is 54. The number of esters is 1. The maximum atomic E-state index is 12.5. The van der Waals surface area contributed by atoms with Crippen molar-refractivity contribution in [1.29, 1.82) is 0 Å². The SMILES string of the molecule is CCCCCCCCCCCCCCCCCCCCCC(=O)OCCCCCCCCCCCCCC/C=C\CCCCCCCCCCCCCCCCC(=O)NC(CO)C(O)CCCCCCCCCCCCC. The van der Waals surface area contributed by atoms with Gasteiger partial charge in [-0.05, 0) is 51.4 Å². The summed E-state index contributed by atoms with van der Waals surface area (Å²) in [4.78, 5) is 24.6. The van der Waals surface area contributed by atoms with Gasteiger partial charge in [-0.2, -0.15) is 0 Å². The Morgan fingerprint density at radius 3 is 0.922 bits per heavy atom. The van der Waals surface area contributed by atoms with Gasteiger partial charge in [-0.3, -0.25) is 9.59 Å². The zero-order valence-corrected chi connectivity index (χ0v) is 52.5. The minimum Gasteiger partial charge on any atom is -0.466 e. The smallest absolute Gasteiger partial charge is 0.305 e. The average molecular weight is 1090 g/mol. The molecular formula is C71H139NO5. The second-order valence-electron chi connectivity index (χ2n) is 24.6. The van der Waals surface area contributed by atoms with E-state index in [0.29, 0.717) is 25.9 Å². The summed E-state index contributed by atoms with van der Waals surface area (Å²) in [5, 5.41) is 23.2. The molecule has 0 aromatic rings. The van der Waals surface area contributed by atoms with Crippen molar-refractivity contribution in [2.75, 3.05) is 13.2 Å². The van der Waals surface area contributed by atoms with Gasteiger partial charge in [-0.1, -0.05) is 353 Å². The minimum absolute atomic E-state index is 0.0228. The average Bonchev–Trinajstić information content (AvgIpc) is 3.43. The number of carbonyl (C=O) groups is 2. The number of amides is 1. The van der Waals surface area contributed by atoms with Crippen LogP contribution in [0.3, 0.4) is 0 Å². The van der Waals surface area contributed by atoms with E-state index in [2.05, 4.69) is 31.3 Å². The summed E-state index contributed by atoms with van der Waals surface area (Å²) in [6.07, 6.45) is 82.8. The van der Waals surface area contributed by atoms with E-state index in [1.807, 2.05) is 0 Å². The maximum absolute atomic E-state index is 12.5. The third-order valence-corrected chi connectivity index (χ3v) is 16.8. The lowest BCUT2D eigenvalue weighted by Gasteiger charge is -2.22. The summed E-state index contributed by atoms with van der Waals surface area (Å²) in [7, 11) is 0. The van der Waals surface area contributed by atoms with E-state index in [1.165, 1.54) is 334 Å². The minimum atomic E-state index is -0.661. The summed E-state index contributed by atoms with van der Waals surface area (Å²) >= 11 is 0. The number of carbonyl (C=O) groups excluding carboxylic acids is 2. The first-order valence-corrected chi connectivity index (χ1v) is 35.4. The Morgan fingerprint density at radius 1 is 0.351 bits per heavy atom. The molecule has 3 N–H and O–H groups in total. The van der Waals surface area contributed by atoms with Gasteiger partial charge in [0, 0.05) is 12.8 Å². The molecule has 0 bridgehead atoms. The van der Waals surface area contributed by atoms with E-state index in [4.69, 9.17) is 4.74 Å². The van der Waals surface area contributed by atoms with Gasteiger partial charge in [0.1, 0.15) is 0 Å². The molecule has 0 heterocycles. The van der Waals surface area contributed by atoms with Gasteiger partial charge in [-0.25, -0.2) is 0 Å². The molecule has 2 atom stereocenters. The standard InChI is InChI=1S/C71H139NO5/c1-3-5-7-9-11-13-15-16-17-18-31-35-38-41-45-49-53-57-61-65-71(76)77-66-62-58-54-50-46-42-39-36-33-30-28-26-24-22-20-19-21-23-25-27-29-32-34-37-40-44-48-52-56-60-64-70(75)72-68(67-73)69(74)63-59-55-51-47-43-14-12-10-8-6-4-2/h20,22,68-69,73-74H,3-19,21,23-67H2,1-2H3,(H,72,75)/b22-20-. The predicted octanol–water partition coefficient (Wildman–Crippen LogP) is 22.8. The summed E-state index contributed by atoms with van der Waals surface area (Å²) in [5.74, 6) is -0.00947. The number of rotatable bonds is 67. The van der Waals surface area contributed by atoms with E-state index >= 15 is 0 Å². The Kier molecular flexibility index (Phi) is 65.9. The molecule has 0 aliphatic carbocycles. The van der Waals surface area contributed by atoms with Crippen molar-refractivity contribution in [2.45, 2.75) is 418 Å². The molecule has 0 radical (unpaired) electrons. The van der Waals surface area contributed by atoms with Gasteiger partial charge < -0.3 is 20.3 Å². The highest BCUT2D eigenvalue weighted by Crippen LogP contribution is 2.19. The monoisotopic (exact) mass is 1090 g/mol. The highest BCUT2D eigenvalue weighted by Gasteiger charge is 2.20. The highest BCUT2D eigenvalue weighted by molar-refractivity contribution is 5.76. The highest BCUT2D eigenvalue weighted by atomic mass is 16.5. The second-order valence-corrected chi connectivity index (χ2v) is 24.6. The summed E-state index contributed by atoms with van der Waals surface area (Å²) in [6, 6.07) is -0.538. The number of aliphatic hydroxyl groups is 2. The maximum Gasteiger partial charge on any atom is 0.305 e. The summed E-state index contributed by atoms with van der Waals surface area (Å²) in [6.45, 7) is 4.98. The first-order chi connectivity index (χ1) is 38.0. The lowest BCUT2D eigenvalue weighted by molar-refractivity contribution is -0.143. The fourth-order valence-corrected chi connectivity index (χ4v) is 11.4. The van der Waals surface area contributed by atoms with Gasteiger partial charge >= 0.3 is 5.97 Å². The molecule has 0 aromatic carbocycles. The van der Waals surface area contributed by atoms with Crippen molar-refractivity contribution in [1.82, 2.24) is 5.32 Å². The summed E-state index contributed by atoms with van der Waals surface area (Å²) < 4.78 is 5.51. The van der Waals surface area contributed by atoms with Crippen LogP contribution in [0.15, 0.2) is 12.2 Å². The van der Waals surface area contributed by atoms with Crippen molar-refractivity contribution in [2.24, 2.45) is 0 Å². The van der Waals surface area contributed by atoms with Crippen LogP contribution in [0.2, 0.25) is 0 Å². The lowest BCUT2D eigenvalue weighted by Crippen LogP contribution is -2.45. The molecule has 0 aliphatic rings. The van der Waals surface area contributed by atoms with Crippen LogP contribution in [-0.4, -0.2) is 47.4 Å². The molecule has 6 heteroatoms. The van der Waals surface area contributed by atoms with E-state index in [0.717, 1.165) is 38.5 Å². The summed E-state index contributed by atoms with van der Waals surface area (Å²) in [5.41, 5.74) is 0. The Hall–Kier alpha value is -1.40. The second kappa shape index (κ2) is 67.1. The molecule has 0 saturated heterocycles. The van der Waals surface area contributed by atoms with Gasteiger partial charge in [0.2, 0.25) is 5.91 Å². The van der Waals surface area contributed by atoms with Gasteiger partial charge in [0.25, 0.3) is 0 Å². The van der Waals surface area contributed by atoms with Gasteiger partial charge in [0.05, 0.1) is 25.4 Å². The van der Waals surface area contributed by atoms with Crippen LogP contribution >= 0.6 is 0 Å². The largest absolute Gasteiger partial charge is 0.466 e. The Balaban J connectivity index is 3.32. The number of hydrogen-bond acceptors (Lipinski definition) is 5. The van der Waals surface area contributed by atoms with E-state index in [-0.39, 0.29) is 18.5 Å². The zero-order chi connectivity index (χ0) is 55.7.